The zero-order valence-corrected chi connectivity index (χ0v) is 12.0. The van der Waals surface area contributed by atoms with Crippen molar-refractivity contribution < 1.29 is 5.11 Å². The number of fused-ring (bicyclic) bond motifs is 1. The number of rotatable bonds is 2. The van der Waals surface area contributed by atoms with Crippen molar-refractivity contribution >= 4 is 11.8 Å². The predicted octanol–water partition coefficient (Wildman–Crippen LogP) is 1.20. The Bertz CT molecular complexity index is 515. The summed E-state index contributed by atoms with van der Waals surface area (Å²) in [5.74, 6) is 3.05. The van der Waals surface area contributed by atoms with Crippen LogP contribution in [0.5, 0.6) is 0 Å². The standard InChI is InChI=1S/C15H22N4O/c1-10-6-14(17-15(16-10)18-4-2-3-5-18)19-8-11-7-13(20)12(11)9-19/h6,11-13,20H,2-5,7-9H2,1H3/t11-,12+,13-/m1/s1. The lowest BCUT2D eigenvalue weighted by Gasteiger charge is -2.34. The van der Waals surface area contributed by atoms with Crippen molar-refractivity contribution in [2.45, 2.75) is 32.3 Å². The molecule has 3 fully saturated rings. The monoisotopic (exact) mass is 274 g/mol. The van der Waals surface area contributed by atoms with Gasteiger partial charge in [0.05, 0.1) is 6.10 Å². The van der Waals surface area contributed by atoms with Gasteiger partial charge < -0.3 is 14.9 Å². The summed E-state index contributed by atoms with van der Waals surface area (Å²) < 4.78 is 0. The van der Waals surface area contributed by atoms with Crippen molar-refractivity contribution in [2.75, 3.05) is 36.0 Å². The number of hydrogen-bond acceptors (Lipinski definition) is 5. The van der Waals surface area contributed by atoms with Crippen LogP contribution in [0.1, 0.15) is 25.0 Å². The van der Waals surface area contributed by atoms with Crippen LogP contribution in [0.4, 0.5) is 11.8 Å². The Kier molecular flexibility index (Phi) is 2.84. The van der Waals surface area contributed by atoms with Crippen LogP contribution in [-0.4, -0.2) is 47.4 Å². The first kappa shape index (κ1) is 12.4. The molecule has 0 radical (unpaired) electrons. The molecule has 0 spiro atoms. The Morgan fingerprint density at radius 1 is 1.15 bits per heavy atom. The number of anilines is 2. The average Bonchev–Trinajstić information content (AvgIpc) is 3.04. The van der Waals surface area contributed by atoms with Crippen molar-refractivity contribution in [3.05, 3.63) is 11.8 Å². The number of nitrogens with zero attached hydrogens (tertiary/aromatic N) is 4. The third kappa shape index (κ3) is 1.95. The Hall–Kier alpha value is -1.36. The highest BCUT2D eigenvalue weighted by atomic mass is 16.3. The van der Waals surface area contributed by atoms with Crippen molar-refractivity contribution in [2.24, 2.45) is 11.8 Å². The molecule has 0 bridgehead atoms. The molecule has 1 N–H and O–H groups in total. The maximum absolute atomic E-state index is 9.80. The zero-order valence-electron chi connectivity index (χ0n) is 12.0. The van der Waals surface area contributed by atoms with Gasteiger partial charge in [0.15, 0.2) is 0 Å². The highest BCUT2D eigenvalue weighted by Crippen LogP contribution is 2.42. The van der Waals surface area contributed by atoms with Crippen LogP contribution in [0.2, 0.25) is 0 Å². The fraction of sp³-hybridized carbons (Fsp3) is 0.733. The normalized spacial score (nSPS) is 32.4. The highest BCUT2D eigenvalue weighted by Gasteiger charge is 2.46. The molecular weight excluding hydrogens is 252 g/mol. The van der Waals surface area contributed by atoms with Gasteiger partial charge in [0, 0.05) is 43.9 Å². The summed E-state index contributed by atoms with van der Waals surface area (Å²) in [6.07, 6.45) is 3.36. The zero-order chi connectivity index (χ0) is 13.7. The first-order chi connectivity index (χ1) is 9.70. The molecule has 3 heterocycles. The molecule has 0 aromatic carbocycles. The lowest BCUT2D eigenvalue weighted by Crippen LogP contribution is -2.39. The number of aliphatic hydroxyl groups is 1. The van der Waals surface area contributed by atoms with E-state index in [1.165, 1.54) is 12.8 Å². The molecule has 3 aliphatic rings. The van der Waals surface area contributed by atoms with Crippen molar-refractivity contribution in [3.63, 3.8) is 0 Å². The van der Waals surface area contributed by atoms with Gasteiger partial charge in [-0.3, -0.25) is 0 Å². The molecule has 20 heavy (non-hydrogen) atoms. The lowest BCUT2D eigenvalue weighted by molar-refractivity contribution is -0.00398. The number of aliphatic hydroxyl groups excluding tert-OH is 1. The van der Waals surface area contributed by atoms with Gasteiger partial charge in [-0.15, -0.1) is 0 Å². The Morgan fingerprint density at radius 2 is 1.95 bits per heavy atom. The van der Waals surface area contributed by atoms with E-state index in [2.05, 4.69) is 20.9 Å². The van der Waals surface area contributed by atoms with E-state index >= 15 is 0 Å². The second kappa shape index (κ2) is 4.58. The second-order valence-corrected chi connectivity index (χ2v) is 6.49. The molecule has 108 valence electrons. The van der Waals surface area contributed by atoms with Gasteiger partial charge in [-0.05, 0) is 32.1 Å². The lowest BCUT2D eigenvalue weighted by atomic mass is 9.74. The quantitative estimate of drug-likeness (QED) is 0.878. The summed E-state index contributed by atoms with van der Waals surface area (Å²) in [6, 6.07) is 2.08. The molecule has 4 rings (SSSR count). The first-order valence-electron chi connectivity index (χ1n) is 7.74. The van der Waals surface area contributed by atoms with Crippen molar-refractivity contribution in [3.8, 4) is 0 Å². The van der Waals surface area contributed by atoms with Gasteiger partial charge in [-0.2, -0.15) is 4.98 Å². The smallest absolute Gasteiger partial charge is 0.227 e. The molecule has 1 aliphatic carbocycles. The number of aryl methyl sites for hydroxylation is 1. The molecule has 0 unspecified atom stereocenters. The minimum absolute atomic E-state index is 0.0917. The fourth-order valence-electron chi connectivity index (χ4n) is 3.82. The van der Waals surface area contributed by atoms with E-state index in [0.29, 0.717) is 11.8 Å². The van der Waals surface area contributed by atoms with E-state index in [1.807, 2.05) is 6.92 Å². The molecule has 5 nitrogen and oxygen atoms in total. The van der Waals surface area contributed by atoms with E-state index in [9.17, 15) is 5.11 Å². The van der Waals surface area contributed by atoms with Crippen LogP contribution in [0.25, 0.3) is 0 Å². The maximum atomic E-state index is 9.80. The summed E-state index contributed by atoms with van der Waals surface area (Å²) in [6.45, 7) is 6.18. The molecule has 0 amide bonds. The minimum Gasteiger partial charge on any atom is -0.393 e. The van der Waals surface area contributed by atoms with Gasteiger partial charge in [0.1, 0.15) is 5.82 Å². The SMILES string of the molecule is Cc1cc(N2C[C@H]3C[C@@H](O)[C@H]3C2)nc(N2CCCC2)n1. The number of aromatic nitrogens is 2. The maximum Gasteiger partial charge on any atom is 0.227 e. The molecule has 1 aromatic rings. The van der Waals surface area contributed by atoms with Crippen molar-refractivity contribution in [1.82, 2.24) is 9.97 Å². The van der Waals surface area contributed by atoms with Crippen LogP contribution in [0.15, 0.2) is 6.07 Å². The Labute approximate surface area is 119 Å². The summed E-state index contributed by atoms with van der Waals surface area (Å²) in [7, 11) is 0. The number of hydrogen-bond donors (Lipinski definition) is 1. The molecule has 1 saturated carbocycles. The summed E-state index contributed by atoms with van der Waals surface area (Å²) >= 11 is 0. The van der Waals surface area contributed by atoms with Gasteiger partial charge in [-0.1, -0.05) is 0 Å². The summed E-state index contributed by atoms with van der Waals surface area (Å²) in [4.78, 5) is 14.0. The molecule has 5 heteroatoms. The van der Waals surface area contributed by atoms with Crippen LogP contribution < -0.4 is 9.80 Å². The Morgan fingerprint density at radius 3 is 2.65 bits per heavy atom. The predicted molar refractivity (Wildman–Crippen MR) is 78.0 cm³/mol. The fourth-order valence-corrected chi connectivity index (χ4v) is 3.82. The van der Waals surface area contributed by atoms with E-state index in [0.717, 1.165) is 50.1 Å². The van der Waals surface area contributed by atoms with E-state index < -0.39 is 0 Å². The van der Waals surface area contributed by atoms with E-state index in [-0.39, 0.29) is 6.10 Å². The van der Waals surface area contributed by atoms with Gasteiger partial charge in [0.25, 0.3) is 0 Å². The summed E-state index contributed by atoms with van der Waals surface area (Å²) in [5.41, 5.74) is 1.04. The first-order valence-corrected chi connectivity index (χ1v) is 7.74. The van der Waals surface area contributed by atoms with Gasteiger partial charge in [-0.25, -0.2) is 4.98 Å². The third-order valence-corrected chi connectivity index (χ3v) is 5.07. The molecule has 2 saturated heterocycles. The molecular formula is C15H22N4O. The summed E-state index contributed by atoms with van der Waals surface area (Å²) in [5, 5.41) is 9.80. The van der Waals surface area contributed by atoms with Crippen LogP contribution in [0.3, 0.4) is 0 Å². The van der Waals surface area contributed by atoms with Crippen LogP contribution in [-0.2, 0) is 0 Å². The van der Waals surface area contributed by atoms with Crippen LogP contribution >= 0.6 is 0 Å². The molecule has 2 aliphatic heterocycles. The van der Waals surface area contributed by atoms with Gasteiger partial charge in [0.2, 0.25) is 5.95 Å². The minimum atomic E-state index is -0.0917. The third-order valence-electron chi connectivity index (χ3n) is 5.07. The van der Waals surface area contributed by atoms with Crippen LogP contribution in [0, 0.1) is 18.8 Å². The van der Waals surface area contributed by atoms with E-state index in [1.54, 1.807) is 0 Å². The Balaban J connectivity index is 1.58. The topological polar surface area (TPSA) is 52.5 Å². The van der Waals surface area contributed by atoms with Gasteiger partial charge >= 0.3 is 0 Å². The van der Waals surface area contributed by atoms with Crippen molar-refractivity contribution in [1.29, 1.82) is 0 Å². The largest absolute Gasteiger partial charge is 0.393 e. The van der Waals surface area contributed by atoms with E-state index in [4.69, 9.17) is 4.98 Å². The average molecular weight is 274 g/mol. The molecule has 3 atom stereocenters. The molecule has 1 aromatic heterocycles. The highest BCUT2D eigenvalue weighted by molar-refractivity contribution is 5.47. The second-order valence-electron chi connectivity index (χ2n) is 6.49.